The molecule has 0 aromatic rings. The van der Waals surface area contributed by atoms with Crippen LogP contribution in [0, 0.1) is 40.4 Å². The third kappa shape index (κ3) is 1.99. The SMILES string of the molecule is COC(=O)[C@H](C)[C@@H]1CC[C@H]2[C@@H]3CC[C@@H]4C[C@H]5CC[C@]4(C)[C@@]3(O5)C(=O)C[C@]12C. The van der Waals surface area contributed by atoms with Crippen LogP contribution in [0.3, 0.4) is 0 Å². The third-order valence-electron chi connectivity index (χ3n) is 10.1. The van der Waals surface area contributed by atoms with Crippen LogP contribution in [-0.4, -0.2) is 30.6 Å². The highest BCUT2D eigenvalue weighted by atomic mass is 16.5. The van der Waals surface area contributed by atoms with Crippen LogP contribution in [0.15, 0.2) is 0 Å². The lowest BCUT2D eigenvalue weighted by Gasteiger charge is -2.70. The Kier molecular flexibility index (Phi) is 3.75. The van der Waals surface area contributed by atoms with E-state index >= 15 is 0 Å². The first-order valence-corrected chi connectivity index (χ1v) is 11.1. The molecule has 0 N–H and O–H groups in total. The summed E-state index contributed by atoms with van der Waals surface area (Å²) in [6, 6.07) is 0. The number of ether oxygens (including phenoxy) is 2. The first kappa shape index (κ1) is 18.1. The molecule has 2 heterocycles. The summed E-state index contributed by atoms with van der Waals surface area (Å²) in [4.78, 5) is 26.1. The molecule has 4 heteroatoms. The molecule has 150 valence electrons. The van der Waals surface area contributed by atoms with E-state index in [-0.39, 0.29) is 28.6 Å². The van der Waals surface area contributed by atoms with Gasteiger partial charge < -0.3 is 9.47 Å². The first-order valence-electron chi connectivity index (χ1n) is 11.1. The van der Waals surface area contributed by atoms with E-state index in [0.717, 1.165) is 38.5 Å². The Morgan fingerprint density at radius 1 is 1.15 bits per heavy atom. The summed E-state index contributed by atoms with van der Waals surface area (Å²) in [5, 5.41) is 0. The molecular weight excluding hydrogens is 340 g/mol. The highest BCUT2D eigenvalue weighted by Gasteiger charge is 2.74. The molecule has 6 rings (SSSR count). The monoisotopic (exact) mass is 374 g/mol. The second-order valence-electron chi connectivity index (χ2n) is 10.8. The van der Waals surface area contributed by atoms with Gasteiger partial charge >= 0.3 is 5.97 Å². The summed E-state index contributed by atoms with van der Waals surface area (Å²) in [6.45, 7) is 6.65. The fraction of sp³-hybridized carbons (Fsp3) is 0.913. The highest BCUT2D eigenvalue weighted by Crippen LogP contribution is 2.72. The van der Waals surface area contributed by atoms with Gasteiger partial charge in [0.15, 0.2) is 5.78 Å². The van der Waals surface area contributed by atoms with Crippen LogP contribution in [-0.2, 0) is 19.1 Å². The number of esters is 1. The highest BCUT2D eigenvalue weighted by molar-refractivity contribution is 5.91. The summed E-state index contributed by atoms with van der Waals surface area (Å²) < 4.78 is 11.8. The second kappa shape index (κ2) is 5.58. The van der Waals surface area contributed by atoms with Crippen molar-refractivity contribution in [3.05, 3.63) is 0 Å². The number of carbonyl (C=O) groups is 2. The number of hydrogen-bond donors (Lipinski definition) is 0. The molecule has 6 fully saturated rings. The number of carbonyl (C=O) groups excluding carboxylic acids is 2. The van der Waals surface area contributed by atoms with Crippen molar-refractivity contribution < 1.29 is 19.1 Å². The molecule has 0 radical (unpaired) electrons. The van der Waals surface area contributed by atoms with Crippen LogP contribution in [0.5, 0.6) is 0 Å². The summed E-state index contributed by atoms with van der Waals surface area (Å²) in [5.74, 6) is 1.81. The minimum absolute atomic E-state index is 0.0229. The van der Waals surface area contributed by atoms with Crippen LogP contribution in [0.2, 0.25) is 0 Å². The molecule has 4 nitrogen and oxygen atoms in total. The smallest absolute Gasteiger partial charge is 0.308 e. The fourth-order valence-corrected chi connectivity index (χ4v) is 8.83. The van der Waals surface area contributed by atoms with Gasteiger partial charge in [-0.2, -0.15) is 0 Å². The average molecular weight is 375 g/mol. The summed E-state index contributed by atoms with van der Waals surface area (Å²) in [7, 11) is 1.48. The fourth-order valence-electron chi connectivity index (χ4n) is 8.83. The summed E-state index contributed by atoms with van der Waals surface area (Å²) >= 11 is 0. The Balaban J connectivity index is 1.55. The normalized spacial score (nSPS) is 54.2. The first-order chi connectivity index (χ1) is 12.8. The van der Waals surface area contributed by atoms with E-state index < -0.39 is 5.60 Å². The molecule has 1 spiro atoms. The van der Waals surface area contributed by atoms with Crippen LogP contribution < -0.4 is 0 Å². The van der Waals surface area contributed by atoms with E-state index in [4.69, 9.17) is 9.47 Å². The van der Waals surface area contributed by atoms with Crippen molar-refractivity contribution in [1.29, 1.82) is 0 Å². The van der Waals surface area contributed by atoms with E-state index in [1.807, 2.05) is 6.92 Å². The topological polar surface area (TPSA) is 52.6 Å². The van der Waals surface area contributed by atoms with E-state index in [0.29, 0.717) is 36.1 Å². The zero-order valence-corrected chi connectivity index (χ0v) is 17.3. The predicted octanol–water partition coefficient (Wildman–Crippen LogP) is 4.15. The van der Waals surface area contributed by atoms with E-state index in [1.165, 1.54) is 13.5 Å². The van der Waals surface area contributed by atoms with Crippen molar-refractivity contribution in [2.75, 3.05) is 7.11 Å². The van der Waals surface area contributed by atoms with Crippen LogP contribution >= 0.6 is 0 Å². The number of Topliss-reactive ketones (excluding diaryl/α,β-unsaturated/α-hetero) is 1. The molecule has 9 atom stereocenters. The van der Waals surface area contributed by atoms with Crippen molar-refractivity contribution in [1.82, 2.24) is 0 Å². The van der Waals surface area contributed by atoms with E-state index in [9.17, 15) is 9.59 Å². The number of hydrogen-bond acceptors (Lipinski definition) is 4. The molecule has 0 unspecified atom stereocenters. The zero-order chi connectivity index (χ0) is 19.2. The number of methoxy groups -OCH3 is 1. The van der Waals surface area contributed by atoms with Crippen LogP contribution in [0.25, 0.3) is 0 Å². The molecule has 4 saturated carbocycles. The van der Waals surface area contributed by atoms with Gasteiger partial charge in [0, 0.05) is 11.8 Å². The van der Waals surface area contributed by atoms with Gasteiger partial charge in [0.05, 0.1) is 19.1 Å². The molecule has 0 amide bonds. The van der Waals surface area contributed by atoms with Gasteiger partial charge in [0.2, 0.25) is 0 Å². The van der Waals surface area contributed by atoms with Crippen molar-refractivity contribution in [2.45, 2.75) is 83.8 Å². The third-order valence-corrected chi connectivity index (χ3v) is 10.1. The Morgan fingerprint density at radius 3 is 2.63 bits per heavy atom. The minimum atomic E-state index is -0.537. The molecule has 2 aliphatic heterocycles. The molecule has 4 aliphatic carbocycles. The van der Waals surface area contributed by atoms with Crippen molar-refractivity contribution >= 4 is 11.8 Å². The van der Waals surface area contributed by atoms with Gasteiger partial charge in [0.1, 0.15) is 5.60 Å². The number of rotatable bonds is 2. The molecule has 0 aromatic carbocycles. The van der Waals surface area contributed by atoms with Crippen molar-refractivity contribution in [2.24, 2.45) is 40.4 Å². The number of ketones is 1. The Labute approximate surface area is 162 Å². The Morgan fingerprint density at radius 2 is 1.89 bits per heavy atom. The lowest BCUT2D eigenvalue weighted by Crippen LogP contribution is -2.75. The lowest BCUT2D eigenvalue weighted by atomic mass is 9.40. The minimum Gasteiger partial charge on any atom is -0.469 e. The number of fused-ring (bicyclic) bond motifs is 3. The van der Waals surface area contributed by atoms with Crippen LogP contribution in [0.1, 0.15) is 72.1 Å². The van der Waals surface area contributed by atoms with E-state index in [1.54, 1.807) is 0 Å². The second-order valence-corrected chi connectivity index (χ2v) is 10.8. The van der Waals surface area contributed by atoms with Gasteiger partial charge in [-0.1, -0.05) is 20.8 Å². The Bertz CT molecular complexity index is 688. The predicted molar refractivity (Wildman–Crippen MR) is 101 cm³/mol. The maximum atomic E-state index is 13.9. The molecule has 6 aliphatic rings. The Hall–Kier alpha value is -0.900. The van der Waals surface area contributed by atoms with Crippen molar-refractivity contribution in [3.8, 4) is 0 Å². The van der Waals surface area contributed by atoms with Gasteiger partial charge in [-0.15, -0.1) is 0 Å². The van der Waals surface area contributed by atoms with Gasteiger partial charge in [-0.25, -0.2) is 0 Å². The molecule has 27 heavy (non-hydrogen) atoms. The maximum absolute atomic E-state index is 13.9. The summed E-state index contributed by atoms with van der Waals surface area (Å²) in [6.07, 6.45) is 8.82. The lowest BCUT2D eigenvalue weighted by molar-refractivity contribution is -0.307. The molecule has 4 bridgehead atoms. The van der Waals surface area contributed by atoms with Crippen LogP contribution in [0.4, 0.5) is 0 Å². The van der Waals surface area contributed by atoms with Gasteiger partial charge in [-0.05, 0) is 74.0 Å². The standard InChI is InChI=1S/C23H34O4/c1-13(20(25)26-4)16-7-8-17-18-6-5-14-11-15-9-10-22(14,3)23(18,27-15)19(24)12-21(16,17)2/h13-18H,5-12H2,1-4H3/t13-,14-,15-,16+,17+,18+,21-,22+,23+/m1/s1. The quantitative estimate of drug-likeness (QED) is 0.681. The van der Waals surface area contributed by atoms with Crippen molar-refractivity contribution in [3.63, 3.8) is 0 Å². The largest absolute Gasteiger partial charge is 0.469 e. The van der Waals surface area contributed by atoms with Gasteiger partial charge in [-0.3, -0.25) is 9.59 Å². The van der Waals surface area contributed by atoms with E-state index in [2.05, 4.69) is 13.8 Å². The molecule has 2 saturated heterocycles. The average Bonchev–Trinajstić information content (AvgIpc) is 2.96. The van der Waals surface area contributed by atoms with Gasteiger partial charge in [0.25, 0.3) is 0 Å². The molecule has 0 aromatic heterocycles. The zero-order valence-electron chi connectivity index (χ0n) is 17.3. The maximum Gasteiger partial charge on any atom is 0.308 e. The summed E-state index contributed by atoms with van der Waals surface area (Å²) in [5.41, 5.74) is -0.608. The molecular formula is C23H34O4.